The van der Waals surface area contributed by atoms with Crippen LogP contribution in [0.3, 0.4) is 0 Å². The van der Waals surface area contributed by atoms with E-state index in [-0.39, 0.29) is 0 Å². The van der Waals surface area contributed by atoms with Crippen LogP contribution < -0.4 is 10.6 Å². The maximum Gasteiger partial charge on any atom is 0.241 e. The minimum atomic E-state index is -0.436. The molecule has 0 aliphatic heterocycles. The van der Waals surface area contributed by atoms with Crippen molar-refractivity contribution in [3.63, 3.8) is 0 Å². The Hall–Kier alpha value is -1.29. The van der Waals surface area contributed by atoms with Crippen molar-refractivity contribution in [3.8, 4) is 0 Å². The number of hydrogen-bond acceptors (Lipinski definition) is 2. The Bertz CT molecular complexity index is 425. The summed E-state index contributed by atoms with van der Waals surface area (Å²) in [5, 5.41) is 0. The quantitative estimate of drug-likeness (QED) is 0.849. The zero-order valence-electron chi connectivity index (χ0n) is 10.1. The van der Waals surface area contributed by atoms with E-state index >= 15 is 0 Å². The summed E-state index contributed by atoms with van der Waals surface area (Å²) in [7, 11) is 0. The van der Waals surface area contributed by atoms with Gasteiger partial charge in [0, 0.05) is 23.6 Å². The SMILES string of the molecule is CCN(CC)c1ccc(/C=C\C(N)=O)cc1Br. The summed E-state index contributed by atoms with van der Waals surface area (Å²) in [5.41, 5.74) is 7.16. The lowest BCUT2D eigenvalue weighted by Crippen LogP contribution is -2.22. The van der Waals surface area contributed by atoms with Crippen LogP contribution in [-0.4, -0.2) is 19.0 Å². The third-order valence-electron chi connectivity index (χ3n) is 2.52. The maximum atomic E-state index is 10.6. The molecule has 0 spiro atoms. The van der Waals surface area contributed by atoms with Crippen LogP contribution in [-0.2, 0) is 4.79 Å². The highest BCUT2D eigenvalue weighted by Crippen LogP contribution is 2.27. The molecule has 17 heavy (non-hydrogen) atoms. The van der Waals surface area contributed by atoms with Crippen molar-refractivity contribution in [1.29, 1.82) is 0 Å². The average molecular weight is 297 g/mol. The molecule has 0 aliphatic carbocycles. The van der Waals surface area contributed by atoms with Gasteiger partial charge in [-0.15, -0.1) is 0 Å². The van der Waals surface area contributed by atoms with Gasteiger partial charge in [-0.1, -0.05) is 6.07 Å². The molecule has 0 saturated heterocycles. The first-order valence-electron chi connectivity index (χ1n) is 5.60. The van der Waals surface area contributed by atoms with Gasteiger partial charge < -0.3 is 10.6 Å². The molecule has 0 radical (unpaired) electrons. The Kier molecular flexibility index (Phi) is 5.22. The smallest absolute Gasteiger partial charge is 0.241 e. The minimum absolute atomic E-state index is 0.436. The van der Waals surface area contributed by atoms with Crippen molar-refractivity contribution in [1.82, 2.24) is 0 Å². The molecule has 4 heteroatoms. The van der Waals surface area contributed by atoms with Crippen molar-refractivity contribution >= 4 is 33.6 Å². The number of rotatable bonds is 5. The van der Waals surface area contributed by atoms with Gasteiger partial charge in [0.15, 0.2) is 0 Å². The molecule has 1 aromatic rings. The Morgan fingerprint density at radius 3 is 2.53 bits per heavy atom. The molecular formula is C13H17BrN2O. The molecule has 0 saturated carbocycles. The summed E-state index contributed by atoms with van der Waals surface area (Å²) < 4.78 is 1.02. The fourth-order valence-corrected chi connectivity index (χ4v) is 2.27. The lowest BCUT2D eigenvalue weighted by Gasteiger charge is -2.22. The van der Waals surface area contributed by atoms with Gasteiger partial charge in [-0.05, 0) is 53.5 Å². The van der Waals surface area contributed by atoms with Crippen LogP contribution in [0.4, 0.5) is 5.69 Å². The van der Waals surface area contributed by atoms with Gasteiger partial charge in [-0.25, -0.2) is 0 Å². The van der Waals surface area contributed by atoms with Crippen molar-refractivity contribution in [3.05, 3.63) is 34.3 Å². The van der Waals surface area contributed by atoms with Gasteiger partial charge in [-0.3, -0.25) is 4.79 Å². The zero-order chi connectivity index (χ0) is 12.8. The average Bonchev–Trinajstić information content (AvgIpc) is 2.30. The lowest BCUT2D eigenvalue weighted by molar-refractivity contribution is -0.113. The van der Waals surface area contributed by atoms with E-state index in [1.165, 1.54) is 6.08 Å². The molecule has 0 aromatic heterocycles. The van der Waals surface area contributed by atoms with Crippen molar-refractivity contribution < 1.29 is 4.79 Å². The molecular weight excluding hydrogens is 280 g/mol. The highest BCUT2D eigenvalue weighted by molar-refractivity contribution is 9.10. The number of anilines is 1. The molecule has 0 unspecified atom stereocenters. The first-order valence-corrected chi connectivity index (χ1v) is 6.39. The summed E-state index contributed by atoms with van der Waals surface area (Å²) in [6.45, 7) is 6.17. The third kappa shape index (κ3) is 3.89. The zero-order valence-corrected chi connectivity index (χ0v) is 11.7. The Morgan fingerprint density at radius 2 is 2.06 bits per heavy atom. The number of carbonyl (C=O) groups excluding carboxylic acids is 1. The van der Waals surface area contributed by atoms with E-state index < -0.39 is 5.91 Å². The fraction of sp³-hybridized carbons (Fsp3) is 0.308. The first kappa shape index (κ1) is 13.8. The number of benzene rings is 1. The van der Waals surface area contributed by atoms with Crippen LogP contribution in [0.2, 0.25) is 0 Å². The number of nitrogens with zero attached hydrogens (tertiary/aromatic N) is 1. The monoisotopic (exact) mass is 296 g/mol. The Morgan fingerprint density at radius 1 is 1.41 bits per heavy atom. The van der Waals surface area contributed by atoms with Crippen LogP contribution in [0.15, 0.2) is 28.7 Å². The topological polar surface area (TPSA) is 46.3 Å². The molecule has 1 rings (SSSR count). The lowest BCUT2D eigenvalue weighted by atomic mass is 10.2. The number of primary amides is 1. The Balaban J connectivity index is 2.97. The van der Waals surface area contributed by atoms with Crippen molar-refractivity contribution in [2.75, 3.05) is 18.0 Å². The van der Waals surface area contributed by atoms with Gasteiger partial charge in [0.25, 0.3) is 0 Å². The van der Waals surface area contributed by atoms with Crippen LogP contribution in [0.5, 0.6) is 0 Å². The Labute approximate surface area is 110 Å². The second-order valence-corrected chi connectivity index (χ2v) is 4.47. The van der Waals surface area contributed by atoms with E-state index in [4.69, 9.17) is 5.73 Å². The number of halogens is 1. The van der Waals surface area contributed by atoms with Crippen molar-refractivity contribution in [2.45, 2.75) is 13.8 Å². The molecule has 1 amide bonds. The number of carbonyl (C=O) groups is 1. The van der Waals surface area contributed by atoms with E-state index in [9.17, 15) is 4.79 Å². The molecule has 3 nitrogen and oxygen atoms in total. The summed E-state index contributed by atoms with van der Waals surface area (Å²) in [4.78, 5) is 12.9. The van der Waals surface area contributed by atoms with Gasteiger partial charge in [-0.2, -0.15) is 0 Å². The molecule has 0 heterocycles. The number of hydrogen-bond donors (Lipinski definition) is 1. The van der Waals surface area contributed by atoms with Crippen molar-refractivity contribution in [2.24, 2.45) is 5.73 Å². The summed E-state index contributed by atoms with van der Waals surface area (Å²) in [6.07, 6.45) is 3.07. The summed E-state index contributed by atoms with van der Waals surface area (Å²) in [5.74, 6) is -0.436. The predicted molar refractivity (Wildman–Crippen MR) is 75.9 cm³/mol. The first-order chi connectivity index (χ1) is 8.08. The van der Waals surface area contributed by atoms with E-state index in [1.807, 2.05) is 18.2 Å². The molecule has 92 valence electrons. The fourth-order valence-electron chi connectivity index (χ4n) is 1.63. The summed E-state index contributed by atoms with van der Waals surface area (Å²) >= 11 is 3.54. The molecule has 0 bridgehead atoms. The van der Waals surface area contributed by atoms with Gasteiger partial charge in [0.1, 0.15) is 0 Å². The molecule has 0 fully saturated rings. The molecule has 1 aromatic carbocycles. The number of amides is 1. The predicted octanol–water partition coefficient (Wildman–Crippen LogP) is 2.79. The van der Waals surface area contributed by atoms with E-state index in [0.717, 1.165) is 28.8 Å². The maximum absolute atomic E-state index is 10.6. The molecule has 2 N–H and O–H groups in total. The van der Waals surface area contributed by atoms with E-state index in [1.54, 1.807) is 6.08 Å². The largest absolute Gasteiger partial charge is 0.371 e. The van der Waals surface area contributed by atoms with Gasteiger partial charge in [0.2, 0.25) is 5.91 Å². The number of nitrogens with two attached hydrogens (primary N) is 1. The van der Waals surface area contributed by atoms with Crippen LogP contribution in [0.25, 0.3) is 6.08 Å². The summed E-state index contributed by atoms with van der Waals surface area (Å²) in [6, 6.07) is 5.99. The second kappa shape index (κ2) is 6.45. The standard InChI is InChI=1S/C13H17BrN2O/c1-3-16(4-2)12-7-5-10(9-11(12)14)6-8-13(15)17/h5-9H,3-4H2,1-2H3,(H2,15,17)/b8-6-. The molecule has 0 atom stereocenters. The highest BCUT2D eigenvalue weighted by atomic mass is 79.9. The third-order valence-corrected chi connectivity index (χ3v) is 3.15. The van der Waals surface area contributed by atoms with E-state index in [2.05, 4.69) is 34.7 Å². The molecule has 0 aliphatic rings. The van der Waals surface area contributed by atoms with E-state index in [0.29, 0.717) is 0 Å². The second-order valence-electron chi connectivity index (χ2n) is 3.62. The van der Waals surface area contributed by atoms with Gasteiger partial charge in [0.05, 0.1) is 5.69 Å². The van der Waals surface area contributed by atoms with Crippen LogP contribution in [0, 0.1) is 0 Å². The van der Waals surface area contributed by atoms with Gasteiger partial charge >= 0.3 is 0 Å². The normalized spacial score (nSPS) is 10.8. The highest BCUT2D eigenvalue weighted by Gasteiger charge is 2.06. The van der Waals surface area contributed by atoms with Crippen LogP contribution >= 0.6 is 15.9 Å². The minimum Gasteiger partial charge on any atom is -0.371 e. The van der Waals surface area contributed by atoms with Crippen LogP contribution in [0.1, 0.15) is 19.4 Å².